The molecule has 0 N–H and O–H groups in total. The van der Waals surface area contributed by atoms with Gasteiger partial charge in [0, 0.05) is 50.9 Å². The van der Waals surface area contributed by atoms with Gasteiger partial charge in [0.05, 0.1) is 6.10 Å². The molecule has 0 radical (unpaired) electrons. The summed E-state index contributed by atoms with van der Waals surface area (Å²) in [4.78, 5) is 13.6. The van der Waals surface area contributed by atoms with Crippen molar-refractivity contribution in [3.05, 3.63) is 12.4 Å². The predicted octanol–water partition coefficient (Wildman–Crippen LogP) is 1.89. The zero-order chi connectivity index (χ0) is 14.7. The number of thioether (sulfide) groups is 1. The molecule has 0 aromatic carbocycles. The van der Waals surface area contributed by atoms with Gasteiger partial charge in [0.25, 0.3) is 0 Å². The number of rotatable bonds is 3. The Morgan fingerprint density at radius 2 is 1.86 bits per heavy atom. The molecule has 2 unspecified atom stereocenters. The number of anilines is 2. The van der Waals surface area contributed by atoms with Crippen molar-refractivity contribution >= 4 is 23.4 Å². The van der Waals surface area contributed by atoms with Crippen LogP contribution in [0.15, 0.2) is 12.4 Å². The minimum absolute atomic E-state index is 0.295. The Labute approximate surface area is 131 Å². The average molecular weight is 308 g/mol. The zero-order valence-corrected chi connectivity index (χ0v) is 13.7. The van der Waals surface area contributed by atoms with Crippen molar-refractivity contribution in [2.45, 2.75) is 19.4 Å². The SMILES string of the molecule is COC1CN(c2cc(N3CCSCC3)ncn2)CCC1C. The molecule has 1 aromatic heterocycles. The van der Waals surface area contributed by atoms with Gasteiger partial charge in [-0.1, -0.05) is 6.92 Å². The maximum absolute atomic E-state index is 5.60. The molecule has 5 nitrogen and oxygen atoms in total. The Bertz CT molecular complexity index is 467. The van der Waals surface area contributed by atoms with Crippen LogP contribution in [0.25, 0.3) is 0 Å². The highest BCUT2D eigenvalue weighted by Gasteiger charge is 2.27. The summed E-state index contributed by atoms with van der Waals surface area (Å²) >= 11 is 2.02. The molecule has 1 aromatic rings. The highest BCUT2D eigenvalue weighted by atomic mass is 32.2. The van der Waals surface area contributed by atoms with Crippen LogP contribution in [0.3, 0.4) is 0 Å². The molecule has 2 aliphatic heterocycles. The van der Waals surface area contributed by atoms with E-state index in [0.29, 0.717) is 12.0 Å². The van der Waals surface area contributed by atoms with E-state index in [9.17, 15) is 0 Å². The summed E-state index contributed by atoms with van der Waals surface area (Å²) in [6, 6.07) is 2.14. The number of ether oxygens (including phenoxy) is 1. The third kappa shape index (κ3) is 3.43. The minimum atomic E-state index is 0.295. The Kier molecular flexibility index (Phi) is 4.85. The lowest BCUT2D eigenvalue weighted by atomic mass is 9.96. The van der Waals surface area contributed by atoms with E-state index in [2.05, 4.69) is 32.8 Å². The highest BCUT2D eigenvalue weighted by Crippen LogP contribution is 2.26. The van der Waals surface area contributed by atoms with Gasteiger partial charge in [-0.3, -0.25) is 0 Å². The van der Waals surface area contributed by atoms with E-state index in [4.69, 9.17) is 4.74 Å². The van der Waals surface area contributed by atoms with Crippen LogP contribution < -0.4 is 9.80 Å². The van der Waals surface area contributed by atoms with Crippen LogP contribution in [0.2, 0.25) is 0 Å². The van der Waals surface area contributed by atoms with Gasteiger partial charge in [-0.25, -0.2) is 9.97 Å². The minimum Gasteiger partial charge on any atom is -0.379 e. The third-order valence-corrected chi connectivity index (χ3v) is 5.43. The van der Waals surface area contributed by atoms with E-state index in [1.165, 1.54) is 11.5 Å². The molecule has 3 rings (SSSR count). The van der Waals surface area contributed by atoms with Gasteiger partial charge in [0.2, 0.25) is 0 Å². The van der Waals surface area contributed by atoms with Crippen LogP contribution in [0.4, 0.5) is 11.6 Å². The molecular formula is C15H24N4OS. The van der Waals surface area contributed by atoms with Crippen molar-refractivity contribution in [1.29, 1.82) is 0 Å². The van der Waals surface area contributed by atoms with Crippen molar-refractivity contribution in [2.24, 2.45) is 5.92 Å². The third-order valence-electron chi connectivity index (χ3n) is 4.49. The fourth-order valence-corrected chi connectivity index (χ4v) is 3.93. The molecule has 6 heteroatoms. The van der Waals surface area contributed by atoms with Gasteiger partial charge in [0.15, 0.2) is 0 Å². The highest BCUT2D eigenvalue weighted by molar-refractivity contribution is 7.99. The fourth-order valence-electron chi connectivity index (χ4n) is 3.02. The number of hydrogen-bond donors (Lipinski definition) is 0. The second kappa shape index (κ2) is 6.83. The van der Waals surface area contributed by atoms with Gasteiger partial charge < -0.3 is 14.5 Å². The molecule has 0 bridgehead atoms. The second-order valence-corrected chi connectivity index (χ2v) is 7.04. The van der Waals surface area contributed by atoms with Gasteiger partial charge in [-0.05, 0) is 12.3 Å². The first-order valence-electron chi connectivity index (χ1n) is 7.70. The molecule has 0 spiro atoms. The summed E-state index contributed by atoms with van der Waals surface area (Å²) in [5, 5.41) is 0. The van der Waals surface area contributed by atoms with Crippen LogP contribution >= 0.6 is 11.8 Å². The molecule has 2 aliphatic rings. The topological polar surface area (TPSA) is 41.5 Å². The Hall–Kier alpha value is -1.01. The number of aromatic nitrogens is 2. The first kappa shape index (κ1) is 14.9. The first-order chi connectivity index (χ1) is 10.3. The molecule has 2 saturated heterocycles. The van der Waals surface area contributed by atoms with Gasteiger partial charge in [-0.2, -0.15) is 11.8 Å². The monoisotopic (exact) mass is 308 g/mol. The van der Waals surface area contributed by atoms with Crippen molar-refractivity contribution in [3.8, 4) is 0 Å². The van der Waals surface area contributed by atoms with Crippen molar-refractivity contribution < 1.29 is 4.74 Å². The number of methoxy groups -OCH3 is 1. The number of hydrogen-bond acceptors (Lipinski definition) is 6. The standard InChI is InChI=1S/C15H24N4OS/c1-12-3-4-19(10-13(12)20-2)15-9-14(16-11-17-15)18-5-7-21-8-6-18/h9,11-13H,3-8,10H2,1-2H3. The van der Waals surface area contributed by atoms with E-state index in [-0.39, 0.29) is 0 Å². The van der Waals surface area contributed by atoms with Crippen LogP contribution in [-0.4, -0.2) is 60.9 Å². The Morgan fingerprint density at radius 1 is 1.14 bits per heavy atom. The molecule has 0 amide bonds. The van der Waals surface area contributed by atoms with Crippen LogP contribution in [-0.2, 0) is 4.74 Å². The zero-order valence-electron chi connectivity index (χ0n) is 12.9. The molecule has 0 aliphatic carbocycles. The Balaban J connectivity index is 1.73. The normalized spacial score (nSPS) is 27.0. The molecular weight excluding hydrogens is 284 g/mol. The molecule has 3 heterocycles. The van der Waals surface area contributed by atoms with E-state index < -0.39 is 0 Å². The molecule has 2 fully saturated rings. The fraction of sp³-hybridized carbons (Fsp3) is 0.733. The quantitative estimate of drug-likeness (QED) is 0.849. The molecule has 0 saturated carbocycles. The van der Waals surface area contributed by atoms with Crippen molar-refractivity contribution in [2.75, 3.05) is 54.6 Å². The lowest BCUT2D eigenvalue weighted by Gasteiger charge is -2.37. The summed E-state index contributed by atoms with van der Waals surface area (Å²) < 4.78 is 5.60. The van der Waals surface area contributed by atoms with E-state index in [1.54, 1.807) is 6.33 Å². The number of nitrogens with zero attached hydrogens (tertiary/aromatic N) is 4. The van der Waals surface area contributed by atoms with Gasteiger partial charge >= 0.3 is 0 Å². The number of piperidine rings is 1. The summed E-state index contributed by atoms with van der Waals surface area (Å²) in [6.07, 6.45) is 3.15. The van der Waals surface area contributed by atoms with E-state index >= 15 is 0 Å². The van der Waals surface area contributed by atoms with Crippen molar-refractivity contribution in [3.63, 3.8) is 0 Å². The molecule has 21 heavy (non-hydrogen) atoms. The molecule has 2 atom stereocenters. The first-order valence-corrected chi connectivity index (χ1v) is 8.86. The summed E-state index contributed by atoms with van der Waals surface area (Å²) in [6.45, 7) is 6.40. The summed E-state index contributed by atoms with van der Waals surface area (Å²) in [7, 11) is 1.81. The maximum atomic E-state index is 5.60. The van der Waals surface area contributed by atoms with Crippen LogP contribution in [0.1, 0.15) is 13.3 Å². The summed E-state index contributed by atoms with van der Waals surface area (Å²) in [5.41, 5.74) is 0. The molecule has 116 valence electrons. The summed E-state index contributed by atoms with van der Waals surface area (Å²) in [5.74, 6) is 5.09. The van der Waals surface area contributed by atoms with Crippen LogP contribution in [0, 0.1) is 5.92 Å². The largest absolute Gasteiger partial charge is 0.379 e. The maximum Gasteiger partial charge on any atom is 0.134 e. The van der Waals surface area contributed by atoms with Crippen molar-refractivity contribution in [1.82, 2.24) is 9.97 Å². The lowest BCUT2D eigenvalue weighted by molar-refractivity contribution is 0.0496. The van der Waals surface area contributed by atoms with Crippen LogP contribution in [0.5, 0.6) is 0 Å². The smallest absolute Gasteiger partial charge is 0.134 e. The average Bonchev–Trinajstić information content (AvgIpc) is 2.56. The van der Waals surface area contributed by atoms with Gasteiger partial charge in [-0.15, -0.1) is 0 Å². The second-order valence-electron chi connectivity index (χ2n) is 5.82. The van der Waals surface area contributed by atoms with E-state index in [1.807, 2.05) is 18.9 Å². The Morgan fingerprint density at radius 3 is 2.57 bits per heavy atom. The predicted molar refractivity (Wildman–Crippen MR) is 88.4 cm³/mol. The van der Waals surface area contributed by atoms with Gasteiger partial charge in [0.1, 0.15) is 18.0 Å². The lowest BCUT2D eigenvalue weighted by Crippen LogP contribution is -2.44. The van der Waals surface area contributed by atoms with E-state index in [0.717, 1.165) is 44.2 Å².